The van der Waals surface area contributed by atoms with Gasteiger partial charge in [0.1, 0.15) is 0 Å². The van der Waals surface area contributed by atoms with E-state index in [0.717, 1.165) is 11.1 Å². The van der Waals surface area contributed by atoms with Crippen LogP contribution in [0.1, 0.15) is 25.5 Å². The Morgan fingerprint density at radius 1 is 1.50 bits per heavy atom. The molecule has 0 bridgehead atoms. The molecule has 3 nitrogen and oxygen atoms in total. The van der Waals surface area contributed by atoms with Gasteiger partial charge in [0.15, 0.2) is 0 Å². The molecule has 1 N–H and O–H groups in total. The number of rotatable bonds is 2. The van der Waals surface area contributed by atoms with Gasteiger partial charge in [-0.25, -0.2) is 0 Å². The van der Waals surface area contributed by atoms with Crippen molar-refractivity contribution in [1.82, 2.24) is 10.2 Å². The smallest absolute Gasteiger partial charge is 0.0990 e. The molecule has 12 heavy (non-hydrogen) atoms. The van der Waals surface area contributed by atoms with E-state index in [9.17, 15) is 5.11 Å². The van der Waals surface area contributed by atoms with Crippen LogP contribution in [0.3, 0.4) is 0 Å². The summed E-state index contributed by atoms with van der Waals surface area (Å²) in [5.41, 5.74) is 1.85. The highest BCUT2D eigenvalue weighted by molar-refractivity contribution is 5.16. The molecule has 0 aromatic carbocycles. The fourth-order valence-electron chi connectivity index (χ4n) is 0.888. The van der Waals surface area contributed by atoms with Crippen molar-refractivity contribution in [1.29, 1.82) is 0 Å². The van der Waals surface area contributed by atoms with Crippen molar-refractivity contribution in [2.75, 3.05) is 0 Å². The van der Waals surface area contributed by atoms with Crippen molar-refractivity contribution < 1.29 is 5.11 Å². The van der Waals surface area contributed by atoms with E-state index in [-0.39, 0.29) is 0 Å². The Hall–Kier alpha value is -1.22. The van der Waals surface area contributed by atoms with Crippen LogP contribution in [0.15, 0.2) is 30.1 Å². The average molecular weight is 164 g/mol. The molecule has 1 rings (SSSR count). The van der Waals surface area contributed by atoms with Crippen molar-refractivity contribution in [3.63, 3.8) is 0 Å². The molecule has 3 heteroatoms. The fourth-order valence-corrected chi connectivity index (χ4v) is 0.888. The molecule has 64 valence electrons. The number of allylic oxidation sites excluding steroid dienone is 1. The molecule has 0 aliphatic carbocycles. The van der Waals surface area contributed by atoms with Gasteiger partial charge in [0.2, 0.25) is 0 Å². The minimum atomic E-state index is -0.564. The number of hydrogen-bond acceptors (Lipinski definition) is 3. The molecule has 0 amide bonds. The molecule has 0 saturated carbocycles. The van der Waals surface area contributed by atoms with Crippen molar-refractivity contribution in [2.45, 2.75) is 20.0 Å². The van der Waals surface area contributed by atoms with Crippen molar-refractivity contribution in [3.8, 4) is 0 Å². The molecule has 0 saturated heterocycles. The topological polar surface area (TPSA) is 46.0 Å². The monoisotopic (exact) mass is 164 g/mol. The molecule has 0 spiro atoms. The first-order valence-corrected chi connectivity index (χ1v) is 3.80. The molecular formula is C9H12N2O. The van der Waals surface area contributed by atoms with E-state index >= 15 is 0 Å². The second kappa shape index (κ2) is 3.97. The summed E-state index contributed by atoms with van der Waals surface area (Å²) < 4.78 is 0. The van der Waals surface area contributed by atoms with Crippen LogP contribution in [0.2, 0.25) is 0 Å². The lowest BCUT2D eigenvalue weighted by atomic mass is 10.1. The van der Waals surface area contributed by atoms with Gasteiger partial charge < -0.3 is 5.11 Å². The summed E-state index contributed by atoms with van der Waals surface area (Å²) in [4.78, 5) is 0. The highest BCUT2D eigenvalue weighted by Gasteiger charge is 2.02. The van der Waals surface area contributed by atoms with Crippen molar-refractivity contribution >= 4 is 0 Å². The first kappa shape index (κ1) is 8.87. The second-order valence-corrected chi connectivity index (χ2v) is 2.86. The lowest BCUT2D eigenvalue weighted by molar-refractivity contribution is 0.227. The van der Waals surface area contributed by atoms with Gasteiger partial charge in [0.25, 0.3) is 0 Å². The fraction of sp³-hybridized carbons (Fsp3) is 0.333. The van der Waals surface area contributed by atoms with Crippen LogP contribution in [0, 0.1) is 0 Å². The van der Waals surface area contributed by atoms with Gasteiger partial charge in [-0.15, -0.1) is 0 Å². The van der Waals surface area contributed by atoms with Gasteiger partial charge >= 0.3 is 0 Å². The van der Waals surface area contributed by atoms with Crippen LogP contribution < -0.4 is 0 Å². The Labute approximate surface area is 71.8 Å². The molecular weight excluding hydrogens is 152 g/mol. The van der Waals surface area contributed by atoms with Crippen LogP contribution in [0.25, 0.3) is 0 Å². The van der Waals surface area contributed by atoms with Crippen LogP contribution >= 0.6 is 0 Å². The summed E-state index contributed by atoms with van der Waals surface area (Å²) >= 11 is 0. The Morgan fingerprint density at radius 2 is 2.25 bits per heavy atom. The van der Waals surface area contributed by atoms with Gasteiger partial charge in [0, 0.05) is 11.8 Å². The van der Waals surface area contributed by atoms with Gasteiger partial charge in [-0.1, -0.05) is 11.6 Å². The largest absolute Gasteiger partial charge is 0.384 e. The lowest BCUT2D eigenvalue weighted by Gasteiger charge is -2.04. The zero-order valence-corrected chi connectivity index (χ0v) is 7.23. The first-order valence-electron chi connectivity index (χ1n) is 3.80. The van der Waals surface area contributed by atoms with E-state index in [4.69, 9.17) is 0 Å². The highest BCUT2D eigenvalue weighted by atomic mass is 16.3. The molecule has 1 heterocycles. The Balaban J connectivity index is 2.79. The third-order valence-corrected chi connectivity index (χ3v) is 1.44. The molecule has 0 aliphatic heterocycles. The quantitative estimate of drug-likeness (QED) is 0.673. The SMILES string of the molecule is CC(C)=CC(O)c1ccnnc1. The second-order valence-electron chi connectivity index (χ2n) is 2.86. The zero-order valence-electron chi connectivity index (χ0n) is 7.23. The van der Waals surface area contributed by atoms with E-state index in [1.54, 1.807) is 24.5 Å². The molecule has 0 radical (unpaired) electrons. The normalized spacial score (nSPS) is 12.2. The molecule has 1 aromatic heterocycles. The minimum absolute atomic E-state index is 0.564. The lowest BCUT2D eigenvalue weighted by Crippen LogP contribution is -1.95. The number of aliphatic hydroxyl groups excluding tert-OH is 1. The summed E-state index contributed by atoms with van der Waals surface area (Å²) in [5.74, 6) is 0. The third kappa shape index (κ3) is 2.43. The predicted octanol–water partition coefficient (Wildman–Crippen LogP) is 1.48. The molecule has 1 unspecified atom stereocenters. The Bertz CT molecular complexity index is 265. The van der Waals surface area contributed by atoms with Gasteiger partial charge in [-0.3, -0.25) is 0 Å². The van der Waals surface area contributed by atoms with E-state index in [0.29, 0.717) is 0 Å². The van der Waals surface area contributed by atoms with E-state index < -0.39 is 6.10 Å². The summed E-state index contributed by atoms with van der Waals surface area (Å²) in [6, 6.07) is 1.75. The van der Waals surface area contributed by atoms with Crippen LogP contribution in [-0.2, 0) is 0 Å². The number of aromatic nitrogens is 2. The third-order valence-electron chi connectivity index (χ3n) is 1.44. The Morgan fingerprint density at radius 3 is 2.75 bits per heavy atom. The van der Waals surface area contributed by atoms with Crippen molar-refractivity contribution in [3.05, 3.63) is 35.7 Å². The molecule has 1 atom stereocenters. The molecule has 0 fully saturated rings. The van der Waals surface area contributed by atoms with Gasteiger partial charge in [-0.05, 0) is 19.9 Å². The van der Waals surface area contributed by atoms with E-state index in [2.05, 4.69) is 10.2 Å². The maximum absolute atomic E-state index is 9.55. The number of hydrogen-bond donors (Lipinski definition) is 1. The summed E-state index contributed by atoms with van der Waals surface area (Å²) in [7, 11) is 0. The van der Waals surface area contributed by atoms with Crippen molar-refractivity contribution in [2.24, 2.45) is 0 Å². The van der Waals surface area contributed by atoms with Gasteiger partial charge in [0.05, 0.1) is 12.3 Å². The predicted molar refractivity (Wildman–Crippen MR) is 46.4 cm³/mol. The van der Waals surface area contributed by atoms with Crippen LogP contribution in [0.5, 0.6) is 0 Å². The van der Waals surface area contributed by atoms with Crippen LogP contribution in [-0.4, -0.2) is 15.3 Å². The van der Waals surface area contributed by atoms with E-state index in [1.165, 1.54) is 0 Å². The number of nitrogens with zero attached hydrogens (tertiary/aromatic N) is 2. The highest BCUT2D eigenvalue weighted by Crippen LogP contribution is 2.13. The number of aliphatic hydroxyl groups is 1. The summed E-state index contributed by atoms with van der Waals surface area (Å²) in [5, 5.41) is 16.8. The minimum Gasteiger partial charge on any atom is -0.384 e. The Kier molecular flexibility index (Phi) is 2.94. The first-order chi connectivity index (χ1) is 5.70. The summed E-state index contributed by atoms with van der Waals surface area (Å²) in [6.45, 7) is 3.88. The average Bonchev–Trinajstić information content (AvgIpc) is 2.05. The van der Waals surface area contributed by atoms with Gasteiger partial charge in [-0.2, -0.15) is 10.2 Å². The molecule has 0 aliphatic rings. The maximum Gasteiger partial charge on any atom is 0.0990 e. The standard InChI is InChI=1S/C9H12N2O/c1-7(2)5-9(12)8-3-4-10-11-6-8/h3-6,9,12H,1-2H3. The summed E-state index contributed by atoms with van der Waals surface area (Å²) in [6.07, 6.45) is 4.34. The molecule has 1 aromatic rings. The van der Waals surface area contributed by atoms with Crippen LogP contribution in [0.4, 0.5) is 0 Å². The maximum atomic E-state index is 9.55. The zero-order chi connectivity index (χ0) is 8.97. The van der Waals surface area contributed by atoms with E-state index in [1.807, 2.05) is 13.8 Å².